The first kappa shape index (κ1) is 16.6. The lowest BCUT2D eigenvalue weighted by Crippen LogP contribution is -2.44. The van der Waals surface area contributed by atoms with E-state index in [4.69, 9.17) is 23.2 Å². The summed E-state index contributed by atoms with van der Waals surface area (Å²) in [5, 5.41) is 32.3. The molecule has 1 amide bonds. The SMILES string of the molecule is O=C(N[C@@H](CO)[C@@H](O)c1ccccc1[N+](=O)[O-])C(Cl)Cl. The van der Waals surface area contributed by atoms with E-state index in [1.54, 1.807) is 0 Å². The van der Waals surface area contributed by atoms with Crippen molar-refractivity contribution in [3.63, 3.8) is 0 Å². The van der Waals surface area contributed by atoms with Crippen molar-refractivity contribution in [3.8, 4) is 0 Å². The molecule has 2 atom stereocenters. The van der Waals surface area contributed by atoms with E-state index in [0.717, 1.165) is 0 Å². The number of para-hydroxylation sites is 1. The number of aliphatic hydroxyl groups is 2. The topological polar surface area (TPSA) is 113 Å². The number of nitrogens with one attached hydrogen (secondary N) is 1. The van der Waals surface area contributed by atoms with E-state index in [-0.39, 0.29) is 11.3 Å². The fourth-order valence-corrected chi connectivity index (χ4v) is 1.72. The molecule has 0 saturated heterocycles. The van der Waals surface area contributed by atoms with Gasteiger partial charge in [-0.25, -0.2) is 0 Å². The van der Waals surface area contributed by atoms with Gasteiger partial charge in [-0.05, 0) is 6.07 Å². The zero-order valence-electron chi connectivity index (χ0n) is 10.1. The molecule has 0 spiro atoms. The fraction of sp³-hybridized carbons (Fsp3) is 0.364. The van der Waals surface area contributed by atoms with Gasteiger partial charge < -0.3 is 15.5 Å². The van der Waals surface area contributed by atoms with Crippen molar-refractivity contribution in [2.75, 3.05) is 6.61 Å². The van der Waals surface area contributed by atoms with E-state index in [2.05, 4.69) is 5.32 Å². The molecule has 110 valence electrons. The predicted octanol–water partition coefficient (Wildman–Crippen LogP) is 0.909. The number of amides is 1. The summed E-state index contributed by atoms with van der Waals surface area (Å²) in [7, 11) is 0. The predicted molar refractivity (Wildman–Crippen MR) is 72.6 cm³/mol. The Balaban J connectivity index is 2.99. The summed E-state index contributed by atoms with van der Waals surface area (Å²) in [5.74, 6) is -0.815. The summed E-state index contributed by atoms with van der Waals surface area (Å²) in [6, 6.07) is 4.31. The minimum atomic E-state index is -1.47. The van der Waals surface area contributed by atoms with Crippen LogP contribution in [0.3, 0.4) is 0 Å². The molecule has 20 heavy (non-hydrogen) atoms. The van der Waals surface area contributed by atoms with Crippen LogP contribution >= 0.6 is 23.2 Å². The van der Waals surface area contributed by atoms with E-state index in [9.17, 15) is 25.1 Å². The number of nitro groups is 1. The van der Waals surface area contributed by atoms with Crippen molar-refractivity contribution < 1.29 is 19.9 Å². The smallest absolute Gasteiger partial charge is 0.275 e. The second-order valence-corrected chi connectivity index (χ2v) is 4.96. The van der Waals surface area contributed by atoms with Crippen LogP contribution in [0.15, 0.2) is 24.3 Å². The number of halogens is 2. The van der Waals surface area contributed by atoms with Gasteiger partial charge in [0, 0.05) is 6.07 Å². The molecule has 0 aliphatic heterocycles. The molecule has 0 fully saturated rings. The molecular formula is C11H12Cl2N2O5. The van der Waals surface area contributed by atoms with Crippen LogP contribution < -0.4 is 5.32 Å². The Morgan fingerprint density at radius 2 is 2.00 bits per heavy atom. The molecular weight excluding hydrogens is 311 g/mol. The van der Waals surface area contributed by atoms with Crippen LogP contribution in [0, 0.1) is 10.1 Å². The summed E-state index contributed by atoms with van der Waals surface area (Å²) in [4.78, 5) is 20.2. The van der Waals surface area contributed by atoms with Crippen LogP contribution in [0.2, 0.25) is 0 Å². The Morgan fingerprint density at radius 3 is 2.50 bits per heavy atom. The minimum Gasteiger partial charge on any atom is -0.394 e. The van der Waals surface area contributed by atoms with Gasteiger partial charge >= 0.3 is 0 Å². The molecule has 0 bridgehead atoms. The van der Waals surface area contributed by atoms with E-state index in [1.807, 2.05) is 0 Å². The van der Waals surface area contributed by atoms with Crippen molar-refractivity contribution in [1.29, 1.82) is 0 Å². The van der Waals surface area contributed by atoms with Gasteiger partial charge in [-0.2, -0.15) is 0 Å². The number of hydrogen-bond donors (Lipinski definition) is 3. The van der Waals surface area contributed by atoms with Crippen LogP contribution in [-0.2, 0) is 4.79 Å². The third-order valence-corrected chi connectivity index (χ3v) is 2.95. The molecule has 9 heteroatoms. The number of nitrogens with zero attached hydrogens (tertiary/aromatic N) is 1. The summed E-state index contributed by atoms with van der Waals surface area (Å²) in [6.45, 7) is -0.639. The molecule has 0 aromatic heterocycles. The number of alkyl halides is 2. The Kier molecular flexibility index (Phi) is 6.15. The van der Waals surface area contributed by atoms with Crippen molar-refractivity contribution in [2.24, 2.45) is 0 Å². The van der Waals surface area contributed by atoms with Gasteiger partial charge in [-0.15, -0.1) is 0 Å². The molecule has 0 radical (unpaired) electrons. The van der Waals surface area contributed by atoms with E-state index in [1.165, 1.54) is 24.3 Å². The van der Waals surface area contributed by atoms with E-state index < -0.39 is 34.4 Å². The van der Waals surface area contributed by atoms with Crippen LogP contribution in [0.1, 0.15) is 11.7 Å². The van der Waals surface area contributed by atoms with Crippen molar-refractivity contribution in [1.82, 2.24) is 5.32 Å². The van der Waals surface area contributed by atoms with Gasteiger partial charge in [0.2, 0.25) is 0 Å². The lowest BCUT2D eigenvalue weighted by molar-refractivity contribution is -0.386. The van der Waals surface area contributed by atoms with Gasteiger partial charge in [-0.3, -0.25) is 14.9 Å². The molecule has 0 unspecified atom stereocenters. The third kappa shape index (κ3) is 4.04. The lowest BCUT2D eigenvalue weighted by atomic mass is 10.0. The maximum atomic E-state index is 11.3. The Hall–Kier alpha value is -1.41. The Bertz CT molecular complexity index is 497. The summed E-state index contributed by atoms with van der Waals surface area (Å²) in [5.41, 5.74) is -0.349. The maximum absolute atomic E-state index is 11.3. The first-order chi connectivity index (χ1) is 9.38. The average Bonchev–Trinajstić information content (AvgIpc) is 2.43. The largest absolute Gasteiger partial charge is 0.394 e. The first-order valence-electron chi connectivity index (χ1n) is 5.49. The quantitative estimate of drug-likeness (QED) is 0.409. The third-order valence-electron chi connectivity index (χ3n) is 2.56. The number of aliphatic hydroxyl groups excluding tert-OH is 2. The van der Waals surface area contributed by atoms with Crippen molar-refractivity contribution in [2.45, 2.75) is 17.0 Å². The Morgan fingerprint density at radius 1 is 1.40 bits per heavy atom. The highest BCUT2D eigenvalue weighted by molar-refractivity contribution is 6.53. The highest BCUT2D eigenvalue weighted by Crippen LogP contribution is 2.27. The summed E-state index contributed by atoms with van der Waals surface area (Å²) < 4.78 is 0. The van der Waals surface area contributed by atoms with E-state index in [0.29, 0.717) is 0 Å². The van der Waals surface area contributed by atoms with Gasteiger partial charge in [0.05, 0.1) is 23.1 Å². The van der Waals surface area contributed by atoms with Crippen LogP contribution in [0.5, 0.6) is 0 Å². The first-order valence-corrected chi connectivity index (χ1v) is 6.36. The molecule has 0 aliphatic carbocycles. The number of nitro benzene ring substituents is 1. The molecule has 1 aromatic carbocycles. The van der Waals surface area contributed by atoms with Crippen LogP contribution in [0.25, 0.3) is 0 Å². The molecule has 3 N–H and O–H groups in total. The number of carbonyl (C=O) groups excluding carboxylic acids is 1. The average molecular weight is 323 g/mol. The number of rotatable bonds is 6. The molecule has 7 nitrogen and oxygen atoms in total. The second kappa shape index (κ2) is 7.39. The minimum absolute atomic E-state index is 0.0301. The maximum Gasteiger partial charge on any atom is 0.275 e. The normalized spacial score (nSPS) is 13.8. The Labute approximate surface area is 124 Å². The van der Waals surface area contributed by atoms with Crippen LogP contribution in [-0.4, -0.2) is 38.5 Å². The zero-order valence-corrected chi connectivity index (χ0v) is 11.6. The highest BCUT2D eigenvalue weighted by Gasteiger charge is 2.29. The highest BCUT2D eigenvalue weighted by atomic mass is 35.5. The molecule has 0 saturated carbocycles. The van der Waals surface area contributed by atoms with Crippen molar-refractivity contribution >= 4 is 34.8 Å². The van der Waals surface area contributed by atoms with Crippen LogP contribution in [0.4, 0.5) is 5.69 Å². The summed E-state index contributed by atoms with van der Waals surface area (Å²) >= 11 is 10.7. The van der Waals surface area contributed by atoms with Gasteiger partial charge in [-0.1, -0.05) is 35.3 Å². The number of hydrogen-bond acceptors (Lipinski definition) is 5. The standard InChI is InChI=1S/C11H12Cl2N2O5/c12-10(13)11(18)14-7(5-16)9(17)6-3-1-2-4-8(6)15(19)20/h1-4,7,9-10,16-17H,5H2,(H,14,18)/t7-,9-/m0/s1. The zero-order chi connectivity index (χ0) is 15.3. The van der Waals surface area contributed by atoms with E-state index >= 15 is 0 Å². The molecule has 1 aromatic rings. The molecule has 0 heterocycles. The second-order valence-electron chi connectivity index (χ2n) is 3.86. The molecule has 0 aliphatic rings. The summed E-state index contributed by atoms with van der Waals surface area (Å²) in [6.07, 6.45) is -1.47. The number of carbonyl (C=O) groups is 1. The monoisotopic (exact) mass is 322 g/mol. The number of benzene rings is 1. The van der Waals surface area contributed by atoms with Gasteiger partial charge in [0.1, 0.15) is 6.10 Å². The van der Waals surface area contributed by atoms with Gasteiger partial charge in [0.15, 0.2) is 4.84 Å². The fourth-order valence-electron chi connectivity index (χ4n) is 1.59. The lowest BCUT2D eigenvalue weighted by Gasteiger charge is -2.22. The molecule has 1 rings (SSSR count). The van der Waals surface area contributed by atoms with Gasteiger partial charge in [0.25, 0.3) is 11.6 Å². The van der Waals surface area contributed by atoms with Crippen molar-refractivity contribution in [3.05, 3.63) is 39.9 Å².